The summed E-state index contributed by atoms with van der Waals surface area (Å²) >= 11 is 0. The van der Waals surface area contributed by atoms with Gasteiger partial charge in [0.2, 0.25) is 5.91 Å². The van der Waals surface area contributed by atoms with Crippen molar-refractivity contribution in [1.29, 1.82) is 0 Å². The number of hydrogen-bond donors (Lipinski definition) is 2. The first kappa shape index (κ1) is 12.7. The van der Waals surface area contributed by atoms with E-state index < -0.39 is 5.97 Å². The van der Waals surface area contributed by atoms with Gasteiger partial charge in [-0.1, -0.05) is 0 Å². The molecule has 0 bridgehead atoms. The van der Waals surface area contributed by atoms with Gasteiger partial charge in [-0.15, -0.1) is 0 Å². The summed E-state index contributed by atoms with van der Waals surface area (Å²) in [4.78, 5) is 37.3. The highest BCUT2D eigenvalue weighted by molar-refractivity contribution is 5.85. The molecule has 0 aromatic carbocycles. The molecule has 2 aliphatic heterocycles. The molecule has 1 unspecified atom stereocenters. The molecule has 2 fully saturated rings. The van der Waals surface area contributed by atoms with Gasteiger partial charge in [0.15, 0.2) is 0 Å². The number of rotatable bonds is 2. The van der Waals surface area contributed by atoms with Crippen molar-refractivity contribution in [3.05, 3.63) is 0 Å². The van der Waals surface area contributed by atoms with Crippen molar-refractivity contribution in [2.24, 2.45) is 0 Å². The van der Waals surface area contributed by atoms with Crippen molar-refractivity contribution < 1.29 is 19.5 Å². The number of carbonyl (C=O) groups excluding carboxylic acids is 2. The Labute approximate surface area is 105 Å². The number of likely N-dealkylation sites (tertiary alicyclic amines) is 1. The first-order chi connectivity index (χ1) is 8.58. The Morgan fingerprint density at radius 3 is 2.83 bits per heavy atom. The number of nitrogens with one attached hydrogen (secondary N) is 1. The van der Waals surface area contributed by atoms with E-state index in [0.717, 1.165) is 12.8 Å². The molecule has 0 spiro atoms. The van der Waals surface area contributed by atoms with Crippen LogP contribution in [0.1, 0.15) is 19.3 Å². The van der Waals surface area contributed by atoms with E-state index in [9.17, 15) is 14.4 Å². The van der Waals surface area contributed by atoms with Crippen LogP contribution in [0.4, 0.5) is 4.79 Å². The highest BCUT2D eigenvalue weighted by Gasteiger charge is 2.34. The molecule has 1 atom stereocenters. The summed E-state index contributed by atoms with van der Waals surface area (Å²) in [5.41, 5.74) is 0. The minimum absolute atomic E-state index is 0.0220. The third-order valence-corrected chi connectivity index (χ3v) is 3.34. The number of piperazine rings is 1. The van der Waals surface area contributed by atoms with Gasteiger partial charge in [0.05, 0.1) is 6.42 Å². The minimum Gasteiger partial charge on any atom is -0.481 e. The average Bonchev–Trinajstić information content (AvgIpc) is 2.75. The van der Waals surface area contributed by atoms with Crippen LogP contribution in [0.3, 0.4) is 0 Å². The van der Waals surface area contributed by atoms with Crippen LogP contribution in [-0.4, -0.2) is 65.0 Å². The van der Waals surface area contributed by atoms with E-state index in [0.29, 0.717) is 19.6 Å². The summed E-state index contributed by atoms with van der Waals surface area (Å²) in [6, 6.07) is -0.450. The first-order valence-corrected chi connectivity index (χ1v) is 6.12. The van der Waals surface area contributed by atoms with Crippen LogP contribution in [0.2, 0.25) is 0 Å². The molecule has 2 heterocycles. The van der Waals surface area contributed by atoms with Gasteiger partial charge in [0, 0.05) is 25.7 Å². The molecule has 18 heavy (non-hydrogen) atoms. The van der Waals surface area contributed by atoms with E-state index in [1.165, 1.54) is 4.90 Å². The van der Waals surface area contributed by atoms with Gasteiger partial charge in [-0.2, -0.15) is 0 Å². The molecular weight excluding hydrogens is 238 g/mol. The molecule has 0 aliphatic carbocycles. The van der Waals surface area contributed by atoms with Crippen LogP contribution < -0.4 is 5.32 Å². The Morgan fingerprint density at radius 1 is 1.39 bits per heavy atom. The number of aliphatic carboxylic acids is 1. The SMILES string of the molecule is O=C(O)CC1CCCN1C(=O)N1CCNC(=O)C1. The second-order valence-electron chi connectivity index (χ2n) is 4.64. The number of amides is 3. The molecule has 2 aliphatic rings. The van der Waals surface area contributed by atoms with Gasteiger partial charge >= 0.3 is 12.0 Å². The number of hydrogen-bond acceptors (Lipinski definition) is 3. The molecule has 7 heteroatoms. The van der Waals surface area contributed by atoms with Crippen LogP contribution in [0.15, 0.2) is 0 Å². The Kier molecular flexibility index (Phi) is 3.69. The highest BCUT2D eigenvalue weighted by Crippen LogP contribution is 2.21. The summed E-state index contributed by atoms with van der Waals surface area (Å²) in [5.74, 6) is -1.06. The summed E-state index contributed by atoms with van der Waals surface area (Å²) in [6.45, 7) is 1.59. The highest BCUT2D eigenvalue weighted by atomic mass is 16.4. The molecule has 3 amide bonds. The quantitative estimate of drug-likeness (QED) is 0.694. The van der Waals surface area contributed by atoms with Gasteiger partial charge in [-0.25, -0.2) is 4.79 Å². The Bertz CT molecular complexity index is 371. The lowest BCUT2D eigenvalue weighted by Crippen LogP contribution is -2.54. The zero-order valence-corrected chi connectivity index (χ0v) is 10.1. The number of nitrogens with zero attached hydrogens (tertiary/aromatic N) is 2. The van der Waals surface area contributed by atoms with E-state index in [-0.39, 0.29) is 30.9 Å². The van der Waals surface area contributed by atoms with E-state index in [1.54, 1.807) is 4.90 Å². The van der Waals surface area contributed by atoms with Gasteiger partial charge < -0.3 is 20.2 Å². The molecule has 0 radical (unpaired) electrons. The smallest absolute Gasteiger partial charge is 0.320 e. The molecule has 2 N–H and O–H groups in total. The summed E-state index contributed by atoms with van der Waals surface area (Å²) in [6.07, 6.45) is 1.52. The van der Waals surface area contributed by atoms with Crippen LogP contribution in [0, 0.1) is 0 Å². The maximum atomic E-state index is 12.2. The normalized spacial score (nSPS) is 24.0. The Morgan fingerprint density at radius 2 is 2.17 bits per heavy atom. The second-order valence-corrected chi connectivity index (χ2v) is 4.64. The van der Waals surface area contributed by atoms with Crippen molar-refractivity contribution in [2.75, 3.05) is 26.2 Å². The topological polar surface area (TPSA) is 89.9 Å². The molecule has 0 aromatic heterocycles. The maximum Gasteiger partial charge on any atom is 0.320 e. The molecule has 0 saturated carbocycles. The summed E-state index contributed by atoms with van der Waals surface area (Å²) in [7, 11) is 0. The van der Waals surface area contributed by atoms with Crippen molar-refractivity contribution in [1.82, 2.24) is 15.1 Å². The van der Waals surface area contributed by atoms with E-state index >= 15 is 0 Å². The largest absolute Gasteiger partial charge is 0.481 e. The average molecular weight is 255 g/mol. The van der Waals surface area contributed by atoms with Crippen LogP contribution in [0.5, 0.6) is 0 Å². The summed E-state index contributed by atoms with van der Waals surface area (Å²) < 4.78 is 0. The van der Waals surface area contributed by atoms with E-state index in [4.69, 9.17) is 5.11 Å². The maximum absolute atomic E-state index is 12.2. The minimum atomic E-state index is -0.893. The predicted molar refractivity (Wildman–Crippen MR) is 62.0 cm³/mol. The predicted octanol–water partition coefficient (Wildman–Crippen LogP) is -0.523. The molecule has 7 nitrogen and oxygen atoms in total. The van der Waals surface area contributed by atoms with Gasteiger partial charge in [0.25, 0.3) is 0 Å². The molecule has 100 valence electrons. The lowest BCUT2D eigenvalue weighted by molar-refractivity contribution is -0.138. The van der Waals surface area contributed by atoms with Crippen LogP contribution >= 0.6 is 0 Å². The zero-order valence-electron chi connectivity index (χ0n) is 10.1. The monoisotopic (exact) mass is 255 g/mol. The van der Waals surface area contributed by atoms with Crippen molar-refractivity contribution in [3.8, 4) is 0 Å². The van der Waals surface area contributed by atoms with E-state index in [1.807, 2.05) is 0 Å². The standard InChI is InChI=1S/C11H17N3O4/c15-9-7-13(5-3-12-9)11(18)14-4-1-2-8(14)6-10(16)17/h8H,1-7H2,(H,12,15)(H,16,17). The van der Waals surface area contributed by atoms with Gasteiger partial charge in [-0.3, -0.25) is 9.59 Å². The van der Waals surface area contributed by atoms with Gasteiger partial charge in [-0.05, 0) is 12.8 Å². The Hall–Kier alpha value is -1.79. The van der Waals surface area contributed by atoms with Crippen molar-refractivity contribution in [2.45, 2.75) is 25.3 Å². The third-order valence-electron chi connectivity index (χ3n) is 3.34. The van der Waals surface area contributed by atoms with Crippen LogP contribution in [0.25, 0.3) is 0 Å². The van der Waals surface area contributed by atoms with Crippen molar-refractivity contribution in [3.63, 3.8) is 0 Å². The number of urea groups is 1. The fraction of sp³-hybridized carbons (Fsp3) is 0.727. The lowest BCUT2D eigenvalue weighted by Gasteiger charge is -2.33. The molecule has 2 rings (SSSR count). The van der Waals surface area contributed by atoms with E-state index in [2.05, 4.69) is 5.32 Å². The van der Waals surface area contributed by atoms with Gasteiger partial charge in [0.1, 0.15) is 6.54 Å². The van der Waals surface area contributed by atoms with Crippen molar-refractivity contribution >= 4 is 17.9 Å². The molecule has 0 aromatic rings. The number of carboxylic acids is 1. The first-order valence-electron chi connectivity index (χ1n) is 6.12. The lowest BCUT2D eigenvalue weighted by atomic mass is 10.1. The number of carboxylic acid groups (broad SMARTS) is 1. The molecular formula is C11H17N3O4. The second kappa shape index (κ2) is 5.24. The Balaban J connectivity index is 1.98. The number of carbonyl (C=O) groups is 3. The molecule has 2 saturated heterocycles. The zero-order chi connectivity index (χ0) is 13.1. The summed E-state index contributed by atoms with van der Waals surface area (Å²) in [5, 5.41) is 11.5. The third kappa shape index (κ3) is 2.72. The fourth-order valence-corrected chi connectivity index (χ4v) is 2.48. The fourth-order valence-electron chi connectivity index (χ4n) is 2.48. The van der Waals surface area contributed by atoms with Crippen LogP contribution in [-0.2, 0) is 9.59 Å².